The maximum atomic E-state index is 11.1. The second-order valence-corrected chi connectivity index (χ2v) is 3.58. The van der Waals surface area contributed by atoms with Gasteiger partial charge in [-0.05, 0) is 23.4 Å². The normalized spacial score (nSPS) is 10.3. The van der Waals surface area contributed by atoms with Gasteiger partial charge in [0.2, 0.25) is 5.12 Å². The zero-order valence-electron chi connectivity index (χ0n) is 7.44. The number of amidine groups is 1. The highest BCUT2D eigenvalue weighted by atomic mass is 32.2. The molecule has 0 radical (unpaired) electrons. The minimum absolute atomic E-state index is 0.187. The van der Waals surface area contributed by atoms with Gasteiger partial charge in [-0.1, -0.05) is 36.4 Å². The Balaban J connectivity index is 2.56. The third-order valence-corrected chi connectivity index (χ3v) is 1.98. The highest BCUT2D eigenvalue weighted by Crippen LogP contribution is 2.05. The summed E-state index contributed by atoms with van der Waals surface area (Å²) in [5.74, 6) is 0. The van der Waals surface area contributed by atoms with E-state index in [1.54, 1.807) is 6.08 Å². The van der Waals surface area contributed by atoms with Gasteiger partial charge < -0.3 is 5.73 Å². The lowest BCUT2D eigenvalue weighted by molar-refractivity contribution is -0.106. The van der Waals surface area contributed by atoms with Gasteiger partial charge in [-0.25, -0.2) is 0 Å². The van der Waals surface area contributed by atoms with E-state index in [-0.39, 0.29) is 10.3 Å². The van der Waals surface area contributed by atoms with Crippen LogP contribution in [-0.2, 0) is 4.79 Å². The van der Waals surface area contributed by atoms with E-state index in [1.165, 1.54) is 6.08 Å². The number of hydrogen-bond donors (Lipinski definition) is 2. The Bertz CT molecular complexity index is 360. The molecule has 3 nitrogen and oxygen atoms in total. The van der Waals surface area contributed by atoms with E-state index < -0.39 is 0 Å². The minimum atomic E-state index is -0.235. The van der Waals surface area contributed by atoms with Crippen molar-refractivity contribution in [1.29, 1.82) is 5.41 Å². The molecule has 0 saturated heterocycles. The zero-order valence-corrected chi connectivity index (χ0v) is 8.25. The molecule has 72 valence electrons. The summed E-state index contributed by atoms with van der Waals surface area (Å²) in [4.78, 5) is 11.1. The standard InChI is InChI=1S/C10H10N2OS/c11-10(12)14-9(13)7-6-8-4-2-1-3-5-8/h1-7H,(H3,11,12)/b7-6+. The van der Waals surface area contributed by atoms with Crippen molar-refractivity contribution >= 4 is 28.1 Å². The van der Waals surface area contributed by atoms with Crippen LogP contribution in [0.5, 0.6) is 0 Å². The number of rotatable bonds is 2. The average molecular weight is 206 g/mol. The van der Waals surface area contributed by atoms with E-state index in [1.807, 2.05) is 30.3 Å². The summed E-state index contributed by atoms with van der Waals surface area (Å²) in [6.45, 7) is 0. The number of carbonyl (C=O) groups is 1. The average Bonchev–Trinajstić information content (AvgIpc) is 2.15. The van der Waals surface area contributed by atoms with Crippen LogP contribution in [-0.4, -0.2) is 10.3 Å². The Hall–Kier alpha value is -1.55. The Kier molecular flexibility index (Phi) is 3.94. The quantitative estimate of drug-likeness (QED) is 0.441. The molecule has 0 atom stereocenters. The lowest BCUT2D eigenvalue weighted by atomic mass is 10.2. The lowest BCUT2D eigenvalue weighted by Crippen LogP contribution is -2.06. The van der Waals surface area contributed by atoms with Gasteiger partial charge in [-0.2, -0.15) is 0 Å². The van der Waals surface area contributed by atoms with Crippen LogP contribution in [0.2, 0.25) is 0 Å². The number of thioether (sulfide) groups is 1. The molecule has 0 spiro atoms. The van der Waals surface area contributed by atoms with E-state index >= 15 is 0 Å². The van der Waals surface area contributed by atoms with Gasteiger partial charge in [0.05, 0.1) is 0 Å². The molecule has 4 heteroatoms. The van der Waals surface area contributed by atoms with Crippen LogP contribution in [0, 0.1) is 5.41 Å². The lowest BCUT2D eigenvalue weighted by Gasteiger charge is -1.92. The number of nitrogens with two attached hydrogens (primary N) is 1. The molecule has 0 saturated carbocycles. The minimum Gasteiger partial charge on any atom is -0.378 e. The molecule has 1 aromatic rings. The summed E-state index contributed by atoms with van der Waals surface area (Å²) in [6, 6.07) is 9.47. The van der Waals surface area contributed by atoms with Gasteiger partial charge in [-0.15, -0.1) is 0 Å². The second-order valence-electron chi connectivity index (χ2n) is 2.53. The van der Waals surface area contributed by atoms with Crippen molar-refractivity contribution in [3.05, 3.63) is 42.0 Å². The molecular weight excluding hydrogens is 196 g/mol. The van der Waals surface area contributed by atoms with Crippen LogP contribution in [0.25, 0.3) is 6.08 Å². The molecule has 0 unspecified atom stereocenters. The highest BCUT2D eigenvalue weighted by molar-refractivity contribution is 8.26. The largest absolute Gasteiger partial charge is 0.378 e. The Labute approximate surface area is 86.5 Å². The van der Waals surface area contributed by atoms with Gasteiger partial charge in [-0.3, -0.25) is 10.2 Å². The molecule has 0 amide bonds. The first-order valence-corrected chi connectivity index (χ1v) is 4.79. The molecule has 14 heavy (non-hydrogen) atoms. The number of carbonyl (C=O) groups excluding carboxylic acids is 1. The van der Waals surface area contributed by atoms with Crippen LogP contribution in [0.3, 0.4) is 0 Å². The molecule has 0 aliphatic carbocycles. The topological polar surface area (TPSA) is 66.9 Å². The maximum Gasteiger partial charge on any atom is 0.219 e. The van der Waals surface area contributed by atoms with Crippen LogP contribution in [0.1, 0.15) is 5.56 Å². The molecule has 0 bridgehead atoms. The summed E-state index contributed by atoms with van der Waals surface area (Å²) in [6.07, 6.45) is 3.10. The zero-order chi connectivity index (χ0) is 10.4. The summed E-state index contributed by atoms with van der Waals surface area (Å²) in [5, 5.41) is 6.47. The van der Waals surface area contributed by atoms with Gasteiger partial charge in [0.1, 0.15) is 0 Å². The highest BCUT2D eigenvalue weighted by Gasteiger charge is 1.98. The summed E-state index contributed by atoms with van der Waals surface area (Å²) in [5.41, 5.74) is 6.00. The summed E-state index contributed by atoms with van der Waals surface area (Å²) in [7, 11) is 0. The van der Waals surface area contributed by atoms with E-state index in [0.717, 1.165) is 5.56 Å². The fraction of sp³-hybridized carbons (Fsp3) is 0. The Morgan fingerprint density at radius 1 is 1.36 bits per heavy atom. The molecule has 0 aliphatic heterocycles. The molecule has 0 heterocycles. The van der Waals surface area contributed by atoms with Crippen molar-refractivity contribution in [2.75, 3.05) is 0 Å². The van der Waals surface area contributed by atoms with Crippen LogP contribution in [0.4, 0.5) is 0 Å². The molecule has 1 rings (SSSR count). The van der Waals surface area contributed by atoms with E-state index in [0.29, 0.717) is 11.8 Å². The van der Waals surface area contributed by atoms with E-state index in [2.05, 4.69) is 0 Å². The number of nitrogens with one attached hydrogen (secondary N) is 1. The first-order chi connectivity index (χ1) is 6.68. The molecule has 3 N–H and O–H groups in total. The first kappa shape index (κ1) is 10.5. The molecule has 0 aliphatic rings. The van der Waals surface area contributed by atoms with Crippen LogP contribution < -0.4 is 5.73 Å². The smallest absolute Gasteiger partial charge is 0.219 e. The van der Waals surface area contributed by atoms with E-state index in [9.17, 15) is 4.79 Å². The predicted molar refractivity (Wildman–Crippen MR) is 60.0 cm³/mol. The monoisotopic (exact) mass is 206 g/mol. The first-order valence-electron chi connectivity index (χ1n) is 3.97. The van der Waals surface area contributed by atoms with E-state index in [4.69, 9.17) is 11.1 Å². The number of hydrogen-bond acceptors (Lipinski definition) is 3. The van der Waals surface area contributed by atoms with Gasteiger partial charge in [0.25, 0.3) is 0 Å². The van der Waals surface area contributed by atoms with Crippen molar-refractivity contribution in [3.8, 4) is 0 Å². The predicted octanol–water partition coefficient (Wildman–Crippen LogP) is 1.85. The summed E-state index contributed by atoms with van der Waals surface area (Å²) >= 11 is 0.709. The van der Waals surface area contributed by atoms with Crippen molar-refractivity contribution in [1.82, 2.24) is 0 Å². The van der Waals surface area contributed by atoms with Gasteiger partial charge >= 0.3 is 0 Å². The second kappa shape index (κ2) is 5.24. The summed E-state index contributed by atoms with van der Waals surface area (Å²) < 4.78 is 0. The SMILES string of the molecule is N=C(N)SC(=O)/C=C/c1ccccc1. The molecule has 0 fully saturated rings. The van der Waals surface area contributed by atoms with Crippen molar-refractivity contribution in [3.63, 3.8) is 0 Å². The Morgan fingerprint density at radius 3 is 2.57 bits per heavy atom. The van der Waals surface area contributed by atoms with Crippen LogP contribution >= 0.6 is 11.8 Å². The van der Waals surface area contributed by atoms with Gasteiger partial charge in [0.15, 0.2) is 5.17 Å². The fourth-order valence-electron chi connectivity index (χ4n) is 0.871. The third-order valence-electron chi connectivity index (χ3n) is 1.42. The third kappa shape index (κ3) is 3.91. The molecular formula is C10H10N2OS. The number of benzene rings is 1. The fourth-order valence-corrected chi connectivity index (χ4v) is 1.22. The van der Waals surface area contributed by atoms with Crippen molar-refractivity contribution in [2.24, 2.45) is 5.73 Å². The Morgan fingerprint density at radius 2 is 2.00 bits per heavy atom. The molecule has 0 aromatic heterocycles. The van der Waals surface area contributed by atoms with Crippen molar-refractivity contribution in [2.45, 2.75) is 0 Å². The van der Waals surface area contributed by atoms with Crippen molar-refractivity contribution < 1.29 is 4.79 Å². The van der Waals surface area contributed by atoms with Crippen LogP contribution in [0.15, 0.2) is 36.4 Å². The molecule has 1 aromatic carbocycles. The maximum absolute atomic E-state index is 11.1. The van der Waals surface area contributed by atoms with Gasteiger partial charge in [0, 0.05) is 0 Å².